The number of hydrogen-bond acceptors (Lipinski definition) is 4. The standard InChI is InChI=1S/C15H24ClNO3/c1-3-19-8-4-9-20-15-6-5-14(16)11-13(15)12-17-7-10-18-2/h5-6,11,17H,3-4,7-10,12H2,1-2H3. The molecule has 20 heavy (non-hydrogen) atoms. The fourth-order valence-electron chi connectivity index (χ4n) is 1.71. The van der Waals surface area contributed by atoms with Gasteiger partial charge in [-0.2, -0.15) is 0 Å². The molecule has 0 heterocycles. The molecule has 0 saturated carbocycles. The van der Waals surface area contributed by atoms with Gasteiger partial charge >= 0.3 is 0 Å². The second kappa shape index (κ2) is 10.9. The highest BCUT2D eigenvalue weighted by atomic mass is 35.5. The normalized spacial score (nSPS) is 10.8. The SMILES string of the molecule is CCOCCCOc1ccc(Cl)cc1CNCCOC. The van der Waals surface area contributed by atoms with Crippen molar-refractivity contribution < 1.29 is 14.2 Å². The molecule has 0 fully saturated rings. The van der Waals surface area contributed by atoms with Crippen molar-refractivity contribution in [1.29, 1.82) is 0 Å². The van der Waals surface area contributed by atoms with Crippen LogP contribution in [0.2, 0.25) is 5.02 Å². The highest BCUT2D eigenvalue weighted by molar-refractivity contribution is 6.30. The Balaban J connectivity index is 2.42. The first-order chi connectivity index (χ1) is 9.77. The van der Waals surface area contributed by atoms with Crippen LogP contribution in [0.1, 0.15) is 18.9 Å². The molecule has 4 nitrogen and oxygen atoms in total. The maximum Gasteiger partial charge on any atom is 0.123 e. The van der Waals surface area contributed by atoms with Crippen LogP contribution in [0.4, 0.5) is 0 Å². The van der Waals surface area contributed by atoms with Crippen LogP contribution in [0.25, 0.3) is 0 Å². The maximum absolute atomic E-state index is 6.03. The van der Waals surface area contributed by atoms with Gasteiger partial charge in [0.1, 0.15) is 5.75 Å². The Kier molecular flexibility index (Phi) is 9.41. The molecule has 0 radical (unpaired) electrons. The average Bonchev–Trinajstić information content (AvgIpc) is 2.45. The quantitative estimate of drug-likeness (QED) is 0.638. The second-order valence-electron chi connectivity index (χ2n) is 4.32. The highest BCUT2D eigenvalue weighted by Crippen LogP contribution is 2.23. The Morgan fingerprint density at radius 2 is 2.05 bits per heavy atom. The van der Waals surface area contributed by atoms with Gasteiger partial charge in [-0.3, -0.25) is 0 Å². The lowest BCUT2D eigenvalue weighted by Crippen LogP contribution is -2.19. The zero-order chi connectivity index (χ0) is 14.6. The summed E-state index contributed by atoms with van der Waals surface area (Å²) in [6.45, 7) is 6.31. The lowest BCUT2D eigenvalue weighted by Gasteiger charge is -2.13. The minimum Gasteiger partial charge on any atom is -0.493 e. The van der Waals surface area contributed by atoms with Gasteiger partial charge in [0.25, 0.3) is 0 Å². The smallest absolute Gasteiger partial charge is 0.123 e. The van der Waals surface area contributed by atoms with Gasteiger partial charge in [-0.1, -0.05) is 11.6 Å². The van der Waals surface area contributed by atoms with E-state index in [1.54, 1.807) is 7.11 Å². The minimum absolute atomic E-state index is 0.646. The summed E-state index contributed by atoms with van der Waals surface area (Å²) in [5.41, 5.74) is 1.06. The van der Waals surface area contributed by atoms with Crippen LogP contribution < -0.4 is 10.1 Å². The fraction of sp³-hybridized carbons (Fsp3) is 0.600. The van der Waals surface area contributed by atoms with Crippen LogP contribution in [0, 0.1) is 0 Å². The largest absolute Gasteiger partial charge is 0.493 e. The zero-order valence-electron chi connectivity index (χ0n) is 12.3. The van der Waals surface area contributed by atoms with Gasteiger partial charge in [0, 0.05) is 50.4 Å². The molecule has 0 aliphatic carbocycles. The van der Waals surface area contributed by atoms with E-state index in [1.165, 1.54) is 0 Å². The highest BCUT2D eigenvalue weighted by Gasteiger charge is 2.04. The predicted octanol–water partition coefficient (Wildman–Crippen LogP) is 2.88. The molecule has 0 atom stereocenters. The summed E-state index contributed by atoms with van der Waals surface area (Å²) in [6, 6.07) is 5.69. The Morgan fingerprint density at radius 1 is 1.20 bits per heavy atom. The van der Waals surface area contributed by atoms with Crippen molar-refractivity contribution >= 4 is 11.6 Å². The number of hydrogen-bond donors (Lipinski definition) is 1. The van der Waals surface area contributed by atoms with Gasteiger partial charge < -0.3 is 19.5 Å². The molecule has 1 N–H and O–H groups in total. The minimum atomic E-state index is 0.646. The van der Waals surface area contributed by atoms with Gasteiger partial charge in [-0.05, 0) is 25.1 Å². The number of halogens is 1. The molecule has 0 aromatic heterocycles. The van der Waals surface area contributed by atoms with Crippen LogP contribution in [0.5, 0.6) is 5.75 Å². The van der Waals surface area contributed by atoms with E-state index in [0.717, 1.165) is 42.5 Å². The molecule has 0 spiro atoms. The van der Waals surface area contributed by atoms with Crippen LogP contribution in [0.3, 0.4) is 0 Å². The van der Waals surface area contributed by atoms with E-state index in [4.69, 9.17) is 25.8 Å². The molecule has 5 heteroatoms. The molecule has 0 aliphatic rings. The number of methoxy groups -OCH3 is 1. The van der Waals surface area contributed by atoms with E-state index < -0.39 is 0 Å². The monoisotopic (exact) mass is 301 g/mol. The van der Waals surface area contributed by atoms with Crippen molar-refractivity contribution in [3.05, 3.63) is 28.8 Å². The topological polar surface area (TPSA) is 39.7 Å². The van der Waals surface area contributed by atoms with Crippen LogP contribution in [-0.2, 0) is 16.0 Å². The number of nitrogens with one attached hydrogen (secondary N) is 1. The van der Waals surface area contributed by atoms with Crippen molar-refractivity contribution in [2.24, 2.45) is 0 Å². The molecule has 0 unspecified atom stereocenters. The first-order valence-electron chi connectivity index (χ1n) is 6.96. The lowest BCUT2D eigenvalue weighted by molar-refractivity contribution is 0.130. The summed E-state index contributed by atoms with van der Waals surface area (Å²) in [5.74, 6) is 0.871. The maximum atomic E-state index is 6.03. The van der Waals surface area contributed by atoms with Crippen LogP contribution in [0.15, 0.2) is 18.2 Å². The number of rotatable bonds is 11. The molecule has 114 valence electrons. The van der Waals surface area contributed by atoms with Gasteiger partial charge in [0.2, 0.25) is 0 Å². The van der Waals surface area contributed by atoms with Gasteiger partial charge in [-0.25, -0.2) is 0 Å². The van der Waals surface area contributed by atoms with E-state index in [1.807, 2.05) is 25.1 Å². The zero-order valence-corrected chi connectivity index (χ0v) is 13.0. The summed E-state index contributed by atoms with van der Waals surface area (Å²) < 4.78 is 16.1. The van der Waals surface area contributed by atoms with Gasteiger partial charge in [-0.15, -0.1) is 0 Å². The van der Waals surface area contributed by atoms with E-state index in [2.05, 4.69) is 5.32 Å². The number of benzene rings is 1. The van der Waals surface area contributed by atoms with Gasteiger partial charge in [0.15, 0.2) is 0 Å². The third-order valence-electron chi connectivity index (χ3n) is 2.72. The summed E-state index contributed by atoms with van der Waals surface area (Å²) in [4.78, 5) is 0. The Bertz CT molecular complexity index is 374. The molecule has 1 aromatic carbocycles. The van der Waals surface area contributed by atoms with Crippen LogP contribution >= 0.6 is 11.6 Å². The Hall–Kier alpha value is -0.810. The van der Waals surface area contributed by atoms with Crippen molar-refractivity contribution in [2.75, 3.05) is 40.1 Å². The van der Waals surface area contributed by atoms with Crippen molar-refractivity contribution in [1.82, 2.24) is 5.32 Å². The molecule has 0 amide bonds. The molecule has 1 rings (SSSR count). The third-order valence-corrected chi connectivity index (χ3v) is 2.95. The van der Waals surface area contributed by atoms with E-state index in [0.29, 0.717) is 19.8 Å². The van der Waals surface area contributed by atoms with Crippen molar-refractivity contribution in [2.45, 2.75) is 19.9 Å². The summed E-state index contributed by atoms with van der Waals surface area (Å²) in [6.07, 6.45) is 0.882. The van der Waals surface area contributed by atoms with Gasteiger partial charge in [0.05, 0.1) is 13.2 Å². The Labute approximate surface area is 126 Å². The van der Waals surface area contributed by atoms with E-state index in [-0.39, 0.29) is 0 Å². The lowest BCUT2D eigenvalue weighted by atomic mass is 10.2. The first-order valence-corrected chi connectivity index (χ1v) is 7.34. The van der Waals surface area contributed by atoms with Crippen molar-refractivity contribution in [3.63, 3.8) is 0 Å². The molecule has 0 bridgehead atoms. The first kappa shape index (κ1) is 17.2. The molecular formula is C15H24ClNO3. The fourth-order valence-corrected chi connectivity index (χ4v) is 1.91. The summed E-state index contributed by atoms with van der Waals surface area (Å²) >= 11 is 6.03. The predicted molar refractivity (Wildman–Crippen MR) is 81.6 cm³/mol. The second-order valence-corrected chi connectivity index (χ2v) is 4.76. The molecule has 1 aromatic rings. The van der Waals surface area contributed by atoms with E-state index in [9.17, 15) is 0 Å². The van der Waals surface area contributed by atoms with E-state index >= 15 is 0 Å². The number of ether oxygens (including phenoxy) is 3. The average molecular weight is 302 g/mol. The third kappa shape index (κ3) is 7.10. The summed E-state index contributed by atoms with van der Waals surface area (Å²) in [5, 5.41) is 4.01. The Morgan fingerprint density at radius 3 is 2.80 bits per heavy atom. The van der Waals surface area contributed by atoms with Crippen LogP contribution in [-0.4, -0.2) is 40.1 Å². The van der Waals surface area contributed by atoms with Crippen molar-refractivity contribution in [3.8, 4) is 5.75 Å². The summed E-state index contributed by atoms with van der Waals surface area (Å²) in [7, 11) is 1.69. The molecule has 0 aliphatic heterocycles. The molecular weight excluding hydrogens is 278 g/mol. The molecule has 0 saturated heterocycles.